The highest BCUT2D eigenvalue weighted by molar-refractivity contribution is 7.09. The molecule has 0 bridgehead atoms. The first-order valence-electron chi connectivity index (χ1n) is 11.8. The third kappa shape index (κ3) is 6.92. The van der Waals surface area contributed by atoms with Crippen molar-refractivity contribution >= 4 is 17.3 Å². The molecule has 1 aromatic heterocycles. The van der Waals surface area contributed by atoms with E-state index in [0.717, 1.165) is 64.0 Å². The molecular weight excluding hydrogens is 394 g/mol. The molecule has 0 aromatic carbocycles. The van der Waals surface area contributed by atoms with Crippen LogP contribution < -0.4 is 10.6 Å². The van der Waals surface area contributed by atoms with E-state index >= 15 is 0 Å². The summed E-state index contributed by atoms with van der Waals surface area (Å²) in [6.45, 7) is 8.37. The summed E-state index contributed by atoms with van der Waals surface area (Å²) in [6.07, 6.45) is 9.97. The Morgan fingerprint density at radius 1 is 1.30 bits per heavy atom. The predicted molar refractivity (Wildman–Crippen MR) is 126 cm³/mol. The maximum atomic E-state index is 5.36. The molecule has 2 fully saturated rings. The van der Waals surface area contributed by atoms with Crippen LogP contribution in [0.2, 0.25) is 0 Å². The van der Waals surface area contributed by atoms with Crippen molar-refractivity contribution in [3.8, 4) is 0 Å². The summed E-state index contributed by atoms with van der Waals surface area (Å²) in [7, 11) is 3.69. The summed E-state index contributed by atoms with van der Waals surface area (Å²) in [4.78, 5) is 11.7. The maximum absolute atomic E-state index is 5.36. The largest absolute Gasteiger partial charge is 0.385 e. The molecule has 170 valence electrons. The van der Waals surface area contributed by atoms with Crippen LogP contribution in [0.5, 0.6) is 0 Å². The van der Waals surface area contributed by atoms with Crippen molar-refractivity contribution in [2.24, 2.45) is 16.3 Å². The monoisotopic (exact) mass is 435 g/mol. The molecule has 0 unspecified atom stereocenters. The van der Waals surface area contributed by atoms with Gasteiger partial charge in [0, 0.05) is 45.8 Å². The van der Waals surface area contributed by atoms with Gasteiger partial charge in [-0.1, -0.05) is 19.8 Å². The van der Waals surface area contributed by atoms with Gasteiger partial charge in [0.1, 0.15) is 0 Å². The average molecular weight is 436 g/mol. The zero-order valence-electron chi connectivity index (χ0n) is 19.2. The Balaban J connectivity index is 1.36. The molecule has 1 aromatic rings. The third-order valence-corrected chi connectivity index (χ3v) is 7.95. The summed E-state index contributed by atoms with van der Waals surface area (Å²) < 4.78 is 5.36. The van der Waals surface area contributed by atoms with Gasteiger partial charge >= 0.3 is 0 Å². The van der Waals surface area contributed by atoms with E-state index in [2.05, 4.69) is 32.8 Å². The summed E-state index contributed by atoms with van der Waals surface area (Å²) >= 11 is 1.80. The molecule has 2 heterocycles. The smallest absolute Gasteiger partial charge is 0.191 e. The number of nitrogens with one attached hydrogen (secondary N) is 2. The van der Waals surface area contributed by atoms with Crippen molar-refractivity contribution in [1.82, 2.24) is 20.5 Å². The first kappa shape index (κ1) is 23.5. The van der Waals surface area contributed by atoms with E-state index < -0.39 is 0 Å². The van der Waals surface area contributed by atoms with E-state index in [1.54, 1.807) is 18.4 Å². The molecular formula is C23H41N5OS. The van der Waals surface area contributed by atoms with E-state index in [-0.39, 0.29) is 0 Å². The number of nitrogens with zero attached hydrogens (tertiary/aromatic N) is 3. The lowest BCUT2D eigenvalue weighted by Crippen LogP contribution is -2.46. The van der Waals surface area contributed by atoms with Gasteiger partial charge in [-0.2, -0.15) is 0 Å². The fraction of sp³-hybridized carbons (Fsp3) is 0.826. The van der Waals surface area contributed by atoms with Gasteiger partial charge in [0.25, 0.3) is 0 Å². The molecule has 0 spiro atoms. The molecule has 6 nitrogen and oxygen atoms in total. The van der Waals surface area contributed by atoms with Crippen LogP contribution in [0, 0.1) is 11.3 Å². The third-order valence-electron chi connectivity index (χ3n) is 6.91. The fourth-order valence-electron chi connectivity index (χ4n) is 4.85. The summed E-state index contributed by atoms with van der Waals surface area (Å²) in [6, 6.07) is 0. The number of hydrogen-bond donors (Lipinski definition) is 2. The van der Waals surface area contributed by atoms with E-state index in [9.17, 15) is 0 Å². The zero-order chi connectivity index (χ0) is 21.2. The standard InChI is InChI=1S/C23H41N5OS/c1-4-21-27-20(17-30-21)16-28-12-7-19(8-13-28)15-25-22(24-2)26-18-23(11-14-29-3)9-5-6-10-23/h17,19H,4-16,18H2,1-3H3,(H2,24,25,26). The molecule has 1 saturated carbocycles. The summed E-state index contributed by atoms with van der Waals surface area (Å²) in [5.74, 6) is 1.67. The van der Waals surface area contributed by atoms with Crippen LogP contribution in [0.4, 0.5) is 0 Å². The van der Waals surface area contributed by atoms with Crippen molar-refractivity contribution in [2.45, 2.75) is 64.8 Å². The molecule has 3 rings (SSSR count). The number of guanidine groups is 1. The minimum absolute atomic E-state index is 0.381. The van der Waals surface area contributed by atoms with Crippen molar-refractivity contribution in [3.63, 3.8) is 0 Å². The Hall–Kier alpha value is -1.18. The van der Waals surface area contributed by atoms with E-state index in [0.29, 0.717) is 5.41 Å². The SMILES string of the molecule is CCc1nc(CN2CCC(CNC(=NC)NCC3(CCOC)CCCC3)CC2)cs1. The number of likely N-dealkylation sites (tertiary alicyclic amines) is 1. The Morgan fingerprint density at radius 2 is 2.07 bits per heavy atom. The molecule has 7 heteroatoms. The Morgan fingerprint density at radius 3 is 2.70 bits per heavy atom. The van der Waals surface area contributed by atoms with Crippen LogP contribution in [-0.4, -0.2) is 62.8 Å². The van der Waals surface area contributed by atoms with Crippen molar-refractivity contribution < 1.29 is 4.74 Å². The van der Waals surface area contributed by atoms with Gasteiger partial charge in [-0.15, -0.1) is 11.3 Å². The molecule has 2 N–H and O–H groups in total. The number of methoxy groups -OCH3 is 1. The van der Waals surface area contributed by atoms with Gasteiger partial charge in [-0.05, 0) is 62.9 Å². The van der Waals surface area contributed by atoms with Crippen LogP contribution in [0.3, 0.4) is 0 Å². The van der Waals surface area contributed by atoms with E-state index in [1.165, 1.54) is 49.2 Å². The number of thiazole rings is 1. The van der Waals surface area contributed by atoms with Crippen LogP contribution >= 0.6 is 11.3 Å². The van der Waals surface area contributed by atoms with Crippen LogP contribution in [0.1, 0.15) is 62.6 Å². The topological polar surface area (TPSA) is 61.8 Å². The summed E-state index contributed by atoms with van der Waals surface area (Å²) in [5, 5.41) is 10.7. The fourth-order valence-corrected chi connectivity index (χ4v) is 5.59. The second-order valence-corrected chi connectivity index (χ2v) is 10.0. The Bertz CT molecular complexity index is 648. The van der Waals surface area contributed by atoms with Gasteiger partial charge < -0.3 is 15.4 Å². The van der Waals surface area contributed by atoms with Gasteiger partial charge in [0.2, 0.25) is 0 Å². The number of aliphatic imine (C=N–C) groups is 1. The molecule has 30 heavy (non-hydrogen) atoms. The van der Waals surface area contributed by atoms with Gasteiger partial charge in [0.05, 0.1) is 10.7 Å². The Labute approximate surface area is 186 Å². The number of ether oxygens (including phenoxy) is 1. The maximum Gasteiger partial charge on any atom is 0.191 e. The minimum Gasteiger partial charge on any atom is -0.385 e. The molecule has 1 aliphatic heterocycles. The van der Waals surface area contributed by atoms with Gasteiger partial charge in [-0.25, -0.2) is 4.98 Å². The molecule has 2 aliphatic rings. The minimum atomic E-state index is 0.381. The lowest BCUT2D eigenvalue weighted by molar-refractivity contribution is 0.138. The zero-order valence-corrected chi connectivity index (χ0v) is 20.0. The molecule has 1 aliphatic carbocycles. The number of aryl methyl sites for hydroxylation is 1. The summed E-state index contributed by atoms with van der Waals surface area (Å²) in [5.41, 5.74) is 1.62. The van der Waals surface area contributed by atoms with Crippen LogP contribution in [0.25, 0.3) is 0 Å². The number of piperidine rings is 1. The first-order valence-corrected chi connectivity index (χ1v) is 12.6. The van der Waals surface area contributed by atoms with Crippen molar-refractivity contribution in [3.05, 3.63) is 16.1 Å². The lowest BCUT2D eigenvalue weighted by Gasteiger charge is -2.32. The van der Waals surface area contributed by atoms with Crippen LogP contribution in [-0.2, 0) is 17.7 Å². The second-order valence-electron chi connectivity index (χ2n) is 9.06. The van der Waals surface area contributed by atoms with Crippen LogP contribution in [0.15, 0.2) is 10.4 Å². The molecule has 0 atom stereocenters. The lowest BCUT2D eigenvalue weighted by atomic mass is 9.83. The first-order chi connectivity index (χ1) is 14.7. The van der Waals surface area contributed by atoms with E-state index in [4.69, 9.17) is 9.72 Å². The quantitative estimate of drug-likeness (QED) is 0.434. The highest BCUT2D eigenvalue weighted by Crippen LogP contribution is 2.40. The Kier molecular flexibility index (Phi) is 9.40. The van der Waals surface area contributed by atoms with Crippen molar-refractivity contribution in [1.29, 1.82) is 0 Å². The second kappa shape index (κ2) is 12.0. The number of aromatic nitrogens is 1. The number of rotatable bonds is 10. The molecule has 1 saturated heterocycles. The van der Waals surface area contributed by atoms with E-state index in [1.807, 2.05) is 7.05 Å². The number of hydrogen-bond acceptors (Lipinski definition) is 5. The molecule has 0 amide bonds. The van der Waals surface area contributed by atoms with Gasteiger partial charge in [-0.3, -0.25) is 9.89 Å². The highest BCUT2D eigenvalue weighted by atomic mass is 32.1. The predicted octanol–water partition coefficient (Wildman–Crippen LogP) is 3.68. The highest BCUT2D eigenvalue weighted by Gasteiger charge is 2.33. The van der Waals surface area contributed by atoms with Gasteiger partial charge in [0.15, 0.2) is 5.96 Å². The van der Waals surface area contributed by atoms with Crippen molar-refractivity contribution in [2.75, 3.05) is 46.9 Å². The average Bonchev–Trinajstić information content (AvgIpc) is 3.43. The normalized spacial score (nSPS) is 20.6. The molecule has 0 radical (unpaired) electrons.